The largest absolute Gasteiger partial charge is 0.457 e. The van der Waals surface area contributed by atoms with Crippen molar-refractivity contribution < 1.29 is 14.0 Å². The number of rotatable bonds is 6. The molecule has 3 heterocycles. The summed E-state index contributed by atoms with van der Waals surface area (Å²) >= 11 is 13.2. The predicted molar refractivity (Wildman–Crippen MR) is 122 cm³/mol. The van der Waals surface area contributed by atoms with Crippen LogP contribution in [0, 0.1) is 0 Å². The molecule has 30 heavy (non-hydrogen) atoms. The lowest BCUT2D eigenvalue weighted by Gasteiger charge is -2.12. The van der Waals surface area contributed by atoms with Gasteiger partial charge in [0.15, 0.2) is 0 Å². The Morgan fingerprint density at radius 2 is 2.03 bits per heavy atom. The number of benzene rings is 1. The van der Waals surface area contributed by atoms with Crippen molar-refractivity contribution in [2.75, 3.05) is 11.9 Å². The number of hydrogen-bond donors (Lipinski definition) is 1. The number of amides is 2. The summed E-state index contributed by atoms with van der Waals surface area (Å²) in [6.07, 6.45) is 1.63. The lowest BCUT2D eigenvalue weighted by atomic mass is 10.2. The van der Waals surface area contributed by atoms with Crippen LogP contribution in [0.2, 0.25) is 0 Å². The fourth-order valence-electron chi connectivity index (χ4n) is 2.61. The zero-order valence-electron chi connectivity index (χ0n) is 15.2. The Kier molecular flexibility index (Phi) is 6.28. The number of alkyl halides is 1. The van der Waals surface area contributed by atoms with Gasteiger partial charge in [-0.15, -0.1) is 21.8 Å². The molecular formula is C19H13ClN4O3S3. The van der Waals surface area contributed by atoms with Crippen molar-refractivity contribution in [3.05, 3.63) is 58.1 Å². The molecule has 1 aliphatic heterocycles. The molecule has 1 aromatic carbocycles. The molecule has 0 bridgehead atoms. The fourth-order valence-corrected chi connectivity index (χ4v) is 4.67. The van der Waals surface area contributed by atoms with E-state index in [-0.39, 0.29) is 18.3 Å². The van der Waals surface area contributed by atoms with E-state index in [1.807, 2.05) is 36.4 Å². The smallest absolute Gasteiger partial charge is 0.266 e. The number of furan rings is 1. The van der Waals surface area contributed by atoms with Crippen LogP contribution in [0.4, 0.5) is 5.13 Å². The predicted octanol–water partition coefficient (Wildman–Crippen LogP) is 4.38. The van der Waals surface area contributed by atoms with E-state index in [9.17, 15) is 9.59 Å². The molecule has 4 rings (SSSR count). The number of aromatic nitrogens is 2. The van der Waals surface area contributed by atoms with Crippen LogP contribution in [0.5, 0.6) is 0 Å². The van der Waals surface area contributed by atoms with Gasteiger partial charge in [0, 0.05) is 11.6 Å². The van der Waals surface area contributed by atoms with Gasteiger partial charge in [0.05, 0.1) is 10.8 Å². The summed E-state index contributed by atoms with van der Waals surface area (Å²) in [4.78, 5) is 26.6. The molecular weight excluding hydrogens is 464 g/mol. The van der Waals surface area contributed by atoms with Crippen LogP contribution in [-0.4, -0.2) is 37.8 Å². The van der Waals surface area contributed by atoms with Crippen LogP contribution >= 0.6 is 46.9 Å². The Labute approximate surface area is 190 Å². The Hall–Kier alpha value is -2.53. The van der Waals surface area contributed by atoms with E-state index >= 15 is 0 Å². The van der Waals surface area contributed by atoms with E-state index in [4.69, 9.17) is 28.2 Å². The number of carbonyl (C=O) groups is 2. The monoisotopic (exact) mass is 476 g/mol. The van der Waals surface area contributed by atoms with E-state index in [0.29, 0.717) is 30.9 Å². The second-order valence-electron chi connectivity index (χ2n) is 6.02. The Balaban J connectivity index is 1.43. The minimum atomic E-state index is -0.422. The lowest BCUT2D eigenvalue weighted by molar-refractivity contribution is -0.126. The summed E-state index contributed by atoms with van der Waals surface area (Å²) < 4.78 is 6.12. The average Bonchev–Trinajstić information content (AvgIpc) is 3.46. The second kappa shape index (κ2) is 9.09. The van der Waals surface area contributed by atoms with E-state index < -0.39 is 5.91 Å². The van der Waals surface area contributed by atoms with Crippen LogP contribution in [0.3, 0.4) is 0 Å². The number of thiocarbonyl (C=S) groups is 1. The number of hydrogen-bond acceptors (Lipinski definition) is 8. The van der Waals surface area contributed by atoms with Crippen LogP contribution < -0.4 is 5.32 Å². The molecule has 0 saturated carbocycles. The van der Waals surface area contributed by atoms with Gasteiger partial charge in [-0.05, 0) is 12.1 Å². The van der Waals surface area contributed by atoms with Gasteiger partial charge in [0.2, 0.25) is 11.0 Å². The Morgan fingerprint density at radius 1 is 1.23 bits per heavy atom. The first kappa shape index (κ1) is 20.7. The molecule has 152 valence electrons. The van der Waals surface area contributed by atoms with Crippen LogP contribution in [-0.2, 0) is 15.5 Å². The molecule has 0 spiro atoms. The number of anilines is 1. The molecule has 1 saturated heterocycles. The molecule has 7 nitrogen and oxygen atoms in total. The molecule has 1 aliphatic rings. The van der Waals surface area contributed by atoms with Gasteiger partial charge in [0.1, 0.15) is 27.4 Å². The van der Waals surface area contributed by atoms with Crippen molar-refractivity contribution in [2.24, 2.45) is 0 Å². The molecule has 2 aromatic heterocycles. The van der Waals surface area contributed by atoms with Crippen molar-refractivity contribution in [1.82, 2.24) is 15.1 Å². The number of nitrogens with zero attached hydrogens (tertiary/aromatic N) is 3. The summed E-state index contributed by atoms with van der Waals surface area (Å²) in [5.74, 6) is 0.670. The minimum absolute atomic E-state index is 0.214. The van der Waals surface area contributed by atoms with Crippen LogP contribution in [0.25, 0.3) is 17.4 Å². The second-order valence-corrected chi connectivity index (χ2v) is 9.02. The Bertz CT molecular complexity index is 1140. The van der Waals surface area contributed by atoms with E-state index in [2.05, 4.69) is 15.5 Å². The first-order valence-electron chi connectivity index (χ1n) is 8.62. The van der Waals surface area contributed by atoms with Crippen molar-refractivity contribution in [2.45, 2.75) is 5.88 Å². The molecule has 11 heteroatoms. The number of thioether (sulfide) groups is 1. The van der Waals surface area contributed by atoms with Gasteiger partial charge < -0.3 is 4.42 Å². The molecule has 3 aromatic rings. The standard InChI is InChI=1S/C19H13ClN4O3S3/c20-9-16-22-23-18(30-16)21-15(25)10-24-17(26)14(29-19(24)28)8-12-6-7-13(27-12)11-4-2-1-3-5-11/h1-8H,9-10H2,(H,21,23,25)/b14-8-. The summed E-state index contributed by atoms with van der Waals surface area (Å²) in [6.45, 7) is -0.217. The molecule has 1 fully saturated rings. The SMILES string of the molecule is O=C(CN1C(=O)/C(=C/c2ccc(-c3ccccc3)o2)SC1=S)Nc1nnc(CCl)s1. The maximum Gasteiger partial charge on any atom is 0.266 e. The summed E-state index contributed by atoms with van der Waals surface area (Å²) in [5.41, 5.74) is 0.940. The topological polar surface area (TPSA) is 88.3 Å². The molecule has 1 N–H and O–H groups in total. The van der Waals surface area contributed by atoms with Crippen molar-refractivity contribution in [3.63, 3.8) is 0 Å². The minimum Gasteiger partial charge on any atom is -0.457 e. The normalized spacial score (nSPS) is 15.2. The number of nitrogens with one attached hydrogen (secondary N) is 1. The highest BCUT2D eigenvalue weighted by molar-refractivity contribution is 8.26. The third kappa shape index (κ3) is 4.62. The molecule has 0 atom stereocenters. The summed E-state index contributed by atoms with van der Waals surface area (Å²) in [7, 11) is 0. The van der Waals surface area contributed by atoms with Crippen molar-refractivity contribution >= 4 is 74.3 Å². The van der Waals surface area contributed by atoms with Crippen LogP contribution in [0.15, 0.2) is 51.8 Å². The van der Waals surface area contributed by atoms with Gasteiger partial charge in [-0.1, -0.05) is 65.6 Å². The fraction of sp³-hybridized carbons (Fsp3) is 0.105. The van der Waals surface area contributed by atoms with Gasteiger partial charge in [-0.25, -0.2) is 0 Å². The first-order chi connectivity index (χ1) is 14.5. The number of carbonyl (C=O) groups excluding carboxylic acids is 2. The van der Waals surface area contributed by atoms with Gasteiger partial charge in [-0.2, -0.15) is 0 Å². The van der Waals surface area contributed by atoms with E-state index in [1.54, 1.807) is 12.1 Å². The highest BCUT2D eigenvalue weighted by atomic mass is 35.5. The molecule has 0 unspecified atom stereocenters. The Morgan fingerprint density at radius 3 is 2.77 bits per heavy atom. The summed E-state index contributed by atoms with van der Waals surface area (Å²) in [6, 6.07) is 13.3. The average molecular weight is 477 g/mol. The number of halogens is 1. The first-order valence-corrected chi connectivity index (χ1v) is 11.2. The van der Waals surface area contributed by atoms with E-state index in [1.165, 1.54) is 16.2 Å². The maximum absolute atomic E-state index is 12.7. The van der Waals surface area contributed by atoms with Crippen LogP contribution in [0.1, 0.15) is 10.8 Å². The van der Waals surface area contributed by atoms with E-state index in [0.717, 1.165) is 17.3 Å². The highest BCUT2D eigenvalue weighted by Crippen LogP contribution is 2.33. The third-order valence-electron chi connectivity index (χ3n) is 3.96. The summed E-state index contributed by atoms with van der Waals surface area (Å²) in [5, 5.41) is 11.2. The molecule has 0 radical (unpaired) electrons. The zero-order chi connectivity index (χ0) is 21.1. The van der Waals surface area contributed by atoms with Gasteiger partial charge in [0.25, 0.3) is 5.91 Å². The lowest BCUT2D eigenvalue weighted by Crippen LogP contribution is -2.36. The highest BCUT2D eigenvalue weighted by Gasteiger charge is 2.33. The quantitative estimate of drug-likeness (QED) is 0.321. The van der Waals surface area contributed by atoms with Gasteiger partial charge >= 0.3 is 0 Å². The third-order valence-corrected chi connectivity index (χ3v) is 6.59. The van der Waals surface area contributed by atoms with Crippen molar-refractivity contribution in [3.8, 4) is 11.3 Å². The zero-order valence-corrected chi connectivity index (χ0v) is 18.4. The van der Waals surface area contributed by atoms with Gasteiger partial charge in [-0.3, -0.25) is 19.8 Å². The van der Waals surface area contributed by atoms with Crippen molar-refractivity contribution in [1.29, 1.82) is 0 Å². The molecule has 2 amide bonds. The molecule has 0 aliphatic carbocycles. The maximum atomic E-state index is 12.7.